The van der Waals surface area contributed by atoms with E-state index in [2.05, 4.69) is 29.4 Å². The molecule has 2 unspecified atom stereocenters. The first-order valence-electron chi connectivity index (χ1n) is 6.69. The van der Waals surface area contributed by atoms with Gasteiger partial charge < -0.3 is 10.6 Å². The average molecular weight is 222 g/mol. The maximum atomic E-state index is 3.65. The molecule has 2 atom stereocenters. The molecule has 1 rings (SSSR count). The molecule has 0 radical (unpaired) electrons. The Balaban J connectivity index is 2.10. The molecule has 1 aliphatic heterocycles. The molecule has 0 spiro atoms. The summed E-state index contributed by atoms with van der Waals surface area (Å²) in [6, 6.07) is 1.33. The predicted octanol–water partition coefficient (Wildman–Crippen LogP) is 2.30. The lowest BCUT2D eigenvalue weighted by molar-refractivity contribution is 0.406. The summed E-state index contributed by atoms with van der Waals surface area (Å²) in [5, 5.41) is 7.19. The monoisotopic (exact) mass is 222 g/mol. The molecule has 0 bridgehead atoms. The summed E-state index contributed by atoms with van der Waals surface area (Å²) in [4.78, 5) is 0. The standard InChI is InChI=1S/C14H26N2/c1-3-4-7-10-15-13(2)12-14-9-6-5-8-11-16-14/h13-16H,5-12H2,1-2H3. The highest BCUT2D eigenvalue weighted by atomic mass is 14.9. The first-order chi connectivity index (χ1) is 7.83. The molecule has 0 amide bonds. The van der Waals surface area contributed by atoms with E-state index in [0.29, 0.717) is 6.04 Å². The van der Waals surface area contributed by atoms with Crippen molar-refractivity contribution in [3.8, 4) is 11.8 Å². The van der Waals surface area contributed by atoms with Crippen molar-refractivity contribution < 1.29 is 0 Å². The minimum atomic E-state index is 0.606. The fourth-order valence-corrected chi connectivity index (χ4v) is 2.32. The van der Waals surface area contributed by atoms with E-state index in [1.807, 2.05) is 6.92 Å². The third-order valence-corrected chi connectivity index (χ3v) is 3.22. The quantitative estimate of drug-likeness (QED) is 0.551. The molecule has 16 heavy (non-hydrogen) atoms. The predicted molar refractivity (Wildman–Crippen MR) is 70.4 cm³/mol. The molecular weight excluding hydrogens is 196 g/mol. The van der Waals surface area contributed by atoms with Crippen molar-refractivity contribution in [1.82, 2.24) is 10.6 Å². The van der Waals surface area contributed by atoms with E-state index in [1.165, 1.54) is 38.6 Å². The fraction of sp³-hybridized carbons (Fsp3) is 0.857. The Bertz CT molecular complexity index is 219. The van der Waals surface area contributed by atoms with E-state index in [4.69, 9.17) is 0 Å². The SMILES string of the molecule is CC#CCCNC(C)CC1CCCCCN1. The highest BCUT2D eigenvalue weighted by Gasteiger charge is 2.14. The summed E-state index contributed by atoms with van der Waals surface area (Å²) in [5.41, 5.74) is 0. The number of rotatable bonds is 5. The van der Waals surface area contributed by atoms with Gasteiger partial charge in [-0.2, -0.15) is 0 Å². The van der Waals surface area contributed by atoms with Gasteiger partial charge in [0.2, 0.25) is 0 Å². The lowest BCUT2D eigenvalue weighted by Gasteiger charge is -2.21. The Morgan fingerprint density at radius 3 is 3.06 bits per heavy atom. The van der Waals surface area contributed by atoms with Crippen LogP contribution in [0.4, 0.5) is 0 Å². The number of hydrogen-bond acceptors (Lipinski definition) is 2. The molecule has 2 N–H and O–H groups in total. The number of hydrogen-bond donors (Lipinski definition) is 2. The zero-order chi connectivity index (χ0) is 11.6. The van der Waals surface area contributed by atoms with Crippen molar-refractivity contribution in [2.45, 2.75) is 64.5 Å². The van der Waals surface area contributed by atoms with Crippen molar-refractivity contribution in [2.24, 2.45) is 0 Å². The first-order valence-corrected chi connectivity index (χ1v) is 6.69. The van der Waals surface area contributed by atoms with Crippen LogP contribution in [0.25, 0.3) is 0 Å². The molecule has 2 heteroatoms. The highest BCUT2D eigenvalue weighted by Crippen LogP contribution is 2.12. The van der Waals surface area contributed by atoms with Crippen molar-refractivity contribution in [1.29, 1.82) is 0 Å². The molecular formula is C14H26N2. The Kier molecular flexibility index (Phi) is 7.29. The zero-order valence-electron chi connectivity index (χ0n) is 10.8. The Labute approximate surface area is 101 Å². The van der Waals surface area contributed by atoms with Crippen LogP contribution in [0.3, 0.4) is 0 Å². The summed E-state index contributed by atoms with van der Waals surface area (Å²) in [6.07, 6.45) is 7.72. The van der Waals surface area contributed by atoms with Crippen LogP contribution in [0, 0.1) is 11.8 Å². The smallest absolute Gasteiger partial charge is 0.0214 e. The first kappa shape index (κ1) is 13.5. The summed E-state index contributed by atoms with van der Waals surface area (Å²) in [6.45, 7) is 6.41. The third kappa shape index (κ3) is 6.15. The molecule has 1 aliphatic rings. The largest absolute Gasteiger partial charge is 0.314 e. The minimum Gasteiger partial charge on any atom is -0.314 e. The van der Waals surface area contributed by atoms with Gasteiger partial charge in [0.15, 0.2) is 0 Å². The van der Waals surface area contributed by atoms with Crippen molar-refractivity contribution >= 4 is 0 Å². The van der Waals surface area contributed by atoms with E-state index in [9.17, 15) is 0 Å². The molecule has 92 valence electrons. The second-order valence-electron chi connectivity index (χ2n) is 4.77. The van der Waals surface area contributed by atoms with E-state index in [-0.39, 0.29) is 0 Å². The molecule has 2 nitrogen and oxygen atoms in total. The molecule has 0 aromatic rings. The van der Waals surface area contributed by atoms with Gasteiger partial charge in [-0.25, -0.2) is 0 Å². The van der Waals surface area contributed by atoms with Gasteiger partial charge in [0.1, 0.15) is 0 Å². The Hall–Kier alpha value is -0.520. The van der Waals surface area contributed by atoms with Crippen LogP contribution in [-0.2, 0) is 0 Å². The third-order valence-electron chi connectivity index (χ3n) is 3.22. The van der Waals surface area contributed by atoms with Crippen LogP contribution >= 0.6 is 0 Å². The van der Waals surface area contributed by atoms with Gasteiger partial charge in [0, 0.05) is 25.0 Å². The van der Waals surface area contributed by atoms with Crippen molar-refractivity contribution in [2.75, 3.05) is 13.1 Å². The molecule has 0 saturated carbocycles. The topological polar surface area (TPSA) is 24.1 Å². The normalized spacial score (nSPS) is 23.0. The maximum absolute atomic E-state index is 3.65. The summed E-state index contributed by atoms with van der Waals surface area (Å²) in [7, 11) is 0. The Morgan fingerprint density at radius 1 is 1.38 bits per heavy atom. The lowest BCUT2D eigenvalue weighted by Crippen LogP contribution is -2.37. The maximum Gasteiger partial charge on any atom is 0.0214 e. The van der Waals surface area contributed by atoms with Crippen molar-refractivity contribution in [3.05, 3.63) is 0 Å². The van der Waals surface area contributed by atoms with E-state index < -0.39 is 0 Å². The van der Waals surface area contributed by atoms with Gasteiger partial charge in [-0.1, -0.05) is 12.8 Å². The van der Waals surface area contributed by atoms with E-state index in [1.54, 1.807) is 0 Å². The number of nitrogens with one attached hydrogen (secondary N) is 2. The average Bonchev–Trinajstić information content (AvgIpc) is 2.53. The van der Waals surface area contributed by atoms with Crippen LogP contribution in [0.15, 0.2) is 0 Å². The van der Waals surface area contributed by atoms with Gasteiger partial charge in [0.05, 0.1) is 0 Å². The second kappa shape index (κ2) is 8.61. The fourth-order valence-electron chi connectivity index (χ4n) is 2.32. The molecule has 1 heterocycles. The van der Waals surface area contributed by atoms with Crippen LogP contribution in [0.5, 0.6) is 0 Å². The van der Waals surface area contributed by atoms with Crippen LogP contribution < -0.4 is 10.6 Å². The Morgan fingerprint density at radius 2 is 2.25 bits per heavy atom. The zero-order valence-corrected chi connectivity index (χ0v) is 10.8. The minimum absolute atomic E-state index is 0.606. The molecule has 1 saturated heterocycles. The summed E-state index contributed by atoms with van der Waals surface area (Å²) < 4.78 is 0. The van der Waals surface area contributed by atoms with E-state index in [0.717, 1.165) is 19.0 Å². The van der Waals surface area contributed by atoms with Gasteiger partial charge in [-0.05, 0) is 39.7 Å². The summed E-state index contributed by atoms with van der Waals surface area (Å²) >= 11 is 0. The molecule has 0 aliphatic carbocycles. The van der Waals surface area contributed by atoms with Gasteiger partial charge >= 0.3 is 0 Å². The van der Waals surface area contributed by atoms with Gasteiger partial charge in [-0.3, -0.25) is 0 Å². The second-order valence-corrected chi connectivity index (χ2v) is 4.77. The lowest BCUT2D eigenvalue weighted by atomic mass is 10.0. The molecule has 0 aromatic carbocycles. The van der Waals surface area contributed by atoms with E-state index >= 15 is 0 Å². The van der Waals surface area contributed by atoms with Crippen molar-refractivity contribution in [3.63, 3.8) is 0 Å². The highest BCUT2D eigenvalue weighted by molar-refractivity contribution is 4.95. The molecule has 0 aromatic heterocycles. The van der Waals surface area contributed by atoms with Gasteiger partial charge in [0.25, 0.3) is 0 Å². The van der Waals surface area contributed by atoms with Crippen LogP contribution in [-0.4, -0.2) is 25.2 Å². The summed E-state index contributed by atoms with van der Waals surface area (Å²) in [5.74, 6) is 6.02. The van der Waals surface area contributed by atoms with Crippen LogP contribution in [0.2, 0.25) is 0 Å². The van der Waals surface area contributed by atoms with Gasteiger partial charge in [-0.15, -0.1) is 11.8 Å². The van der Waals surface area contributed by atoms with Crippen LogP contribution in [0.1, 0.15) is 52.4 Å². The molecule has 1 fully saturated rings.